The third kappa shape index (κ3) is 3.27. The highest BCUT2D eigenvalue weighted by atomic mass is 35.5. The first-order chi connectivity index (χ1) is 9.96. The Kier molecular flexibility index (Phi) is 5.11. The molecule has 2 unspecified atom stereocenters. The first kappa shape index (κ1) is 17.2. The number of carbonyl (C=O) groups is 1. The van der Waals surface area contributed by atoms with Crippen LogP contribution in [0.3, 0.4) is 0 Å². The fraction of sp³-hybridized carbons (Fsp3) is 0.500. The van der Waals surface area contributed by atoms with Crippen molar-refractivity contribution in [1.82, 2.24) is 9.62 Å². The molecule has 1 aromatic carbocycles. The van der Waals surface area contributed by atoms with Crippen LogP contribution in [0.25, 0.3) is 0 Å². The molecule has 2 saturated heterocycles. The van der Waals surface area contributed by atoms with Gasteiger partial charge in [0, 0.05) is 30.7 Å². The number of hydrogen-bond donors (Lipinski definition) is 2. The zero-order chi connectivity index (χ0) is 15.0. The van der Waals surface area contributed by atoms with Crippen molar-refractivity contribution in [3.05, 3.63) is 29.8 Å². The van der Waals surface area contributed by atoms with Gasteiger partial charge in [0.1, 0.15) is 0 Å². The summed E-state index contributed by atoms with van der Waals surface area (Å²) in [5, 5.41) is 3.46. The topological polar surface area (TPSA) is 92.5 Å². The molecule has 0 radical (unpaired) electrons. The number of benzene rings is 1. The van der Waals surface area contributed by atoms with Crippen molar-refractivity contribution in [1.29, 1.82) is 0 Å². The van der Waals surface area contributed by atoms with Gasteiger partial charge in [0.05, 0.1) is 4.90 Å². The van der Waals surface area contributed by atoms with Gasteiger partial charge in [-0.15, -0.1) is 12.4 Å². The van der Waals surface area contributed by atoms with E-state index < -0.39 is 15.9 Å². The van der Waals surface area contributed by atoms with Gasteiger partial charge in [-0.1, -0.05) is 0 Å². The molecule has 0 aromatic heterocycles. The van der Waals surface area contributed by atoms with Crippen molar-refractivity contribution in [3.63, 3.8) is 0 Å². The second-order valence-corrected chi connectivity index (χ2v) is 7.62. The van der Waals surface area contributed by atoms with Gasteiger partial charge in [-0.2, -0.15) is 4.31 Å². The number of nitrogens with zero attached hydrogens (tertiary/aromatic N) is 1. The van der Waals surface area contributed by atoms with Crippen LogP contribution in [-0.4, -0.2) is 43.8 Å². The summed E-state index contributed by atoms with van der Waals surface area (Å²) in [4.78, 5) is 11.3. The Hall–Kier alpha value is -1.15. The molecule has 1 aromatic rings. The lowest BCUT2D eigenvalue weighted by molar-refractivity contribution is 0.1000. The molecule has 22 heavy (non-hydrogen) atoms. The Morgan fingerprint density at radius 2 is 1.77 bits per heavy atom. The summed E-state index contributed by atoms with van der Waals surface area (Å²) < 4.78 is 26.9. The molecule has 6 nitrogen and oxygen atoms in total. The number of halogens is 1. The van der Waals surface area contributed by atoms with E-state index in [0.717, 1.165) is 19.3 Å². The van der Waals surface area contributed by atoms with Crippen LogP contribution in [0.5, 0.6) is 0 Å². The molecule has 8 heteroatoms. The van der Waals surface area contributed by atoms with Gasteiger partial charge in [-0.25, -0.2) is 8.42 Å². The molecule has 0 saturated carbocycles. The summed E-state index contributed by atoms with van der Waals surface area (Å²) in [6, 6.07) is 6.50. The molecule has 2 atom stereocenters. The second-order valence-electron chi connectivity index (χ2n) is 5.68. The molecule has 1 amide bonds. The van der Waals surface area contributed by atoms with Gasteiger partial charge in [0.2, 0.25) is 15.9 Å². The lowest BCUT2D eigenvalue weighted by Crippen LogP contribution is -2.39. The summed E-state index contributed by atoms with van der Waals surface area (Å²) in [7, 11) is -3.51. The van der Waals surface area contributed by atoms with Gasteiger partial charge in [0.15, 0.2) is 0 Å². The van der Waals surface area contributed by atoms with Crippen molar-refractivity contribution in [2.24, 2.45) is 5.73 Å². The van der Waals surface area contributed by atoms with Crippen LogP contribution < -0.4 is 11.1 Å². The van der Waals surface area contributed by atoms with Crippen LogP contribution in [0.2, 0.25) is 0 Å². The number of nitrogens with two attached hydrogens (primary N) is 1. The highest BCUT2D eigenvalue weighted by Gasteiger charge is 2.34. The van der Waals surface area contributed by atoms with E-state index in [0.29, 0.717) is 24.7 Å². The molecule has 0 aliphatic carbocycles. The number of sulfonamides is 1. The number of primary amides is 1. The van der Waals surface area contributed by atoms with Crippen LogP contribution in [-0.2, 0) is 10.0 Å². The van der Waals surface area contributed by atoms with Crippen LogP contribution in [0.4, 0.5) is 0 Å². The summed E-state index contributed by atoms with van der Waals surface area (Å²) in [6.45, 7) is 1.05. The molecular weight excluding hydrogens is 326 g/mol. The SMILES string of the molecule is Cl.NC(=O)c1ccc(S(=O)(=O)N2CCC3CCC(C2)N3)cc1. The molecule has 3 rings (SSSR count). The smallest absolute Gasteiger partial charge is 0.248 e. The van der Waals surface area contributed by atoms with Gasteiger partial charge in [-0.3, -0.25) is 4.79 Å². The summed E-state index contributed by atoms with van der Waals surface area (Å²) in [6.07, 6.45) is 3.00. The molecule has 2 heterocycles. The number of carbonyl (C=O) groups excluding carboxylic acids is 1. The molecule has 2 fully saturated rings. The minimum Gasteiger partial charge on any atom is -0.366 e. The maximum Gasteiger partial charge on any atom is 0.248 e. The maximum absolute atomic E-state index is 12.7. The van der Waals surface area contributed by atoms with Crippen molar-refractivity contribution in [2.45, 2.75) is 36.2 Å². The predicted molar refractivity (Wildman–Crippen MR) is 85.5 cm³/mol. The van der Waals surface area contributed by atoms with Crippen molar-refractivity contribution < 1.29 is 13.2 Å². The summed E-state index contributed by atoms with van der Waals surface area (Å²) in [5.74, 6) is -0.560. The molecule has 2 aliphatic heterocycles. The zero-order valence-corrected chi connectivity index (χ0v) is 13.7. The lowest BCUT2D eigenvalue weighted by Gasteiger charge is -2.23. The van der Waals surface area contributed by atoms with E-state index in [1.54, 1.807) is 4.31 Å². The molecule has 2 bridgehead atoms. The maximum atomic E-state index is 12.7. The standard InChI is InChI=1S/C14H19N3O3S.ClH/c15-14(18)10-1-5-13(6-2-10)21(19,20)17-8-7-11-3-4-12(9-17)16-11;/h1-2,5-6,11-12,16H,3-4,7-9H2,(H2,15,18);1H. The first-order valence-electron chi connectivity index (χ1n) is 7.13. The largest absolute Gasteiger partial charge is 0.366 e. The number of amides is 1. The lowest BCUT2D eigenvalue weighted by atomic mass is 10.1. The van der Waals surface area contributed by atoms with E-state index in [1.165, 1.54) is 24.3 Å². The van der Waals surface area contributed by atoms with Crippen molar-refractivity contribution >= 4 is 28.3 Å². The minimum atomic E-state index is -3.51. The van der Waals surface area contributed by atoms with Crippen LogP contribution in [0, 0.1) is 0 Å². The summed E-state index contributed by atoms with van der Waals surface area (Å²) in [5.41, 5.74) is 5.48. The second kappa shape index (κ2) is 6.54. The Labute approximate surface area is 136 Å². The van der Waals surface area contributed by atoms with Gasteiger partial charge < -0.3 is 11.1 Å². The zero-order valence-electron chi connectivity index (χ0n) is 12.1. The monoisotopic (exact) mass is 345 g/mol. The van der Waals surface area contributed by atoms with E-state index in [2.05, 4.69) is 5.32 Å². The van der Waals surface area contributed by atoms with Crippen molar-refractivity contribution in [3.8, 4) is 0 Å². The highest BCUT2D eigenvalue weighted by molar-refractivity contribution is 7.89. The Morgan fingerprint density at radius 1 is 1.14 bits per heavy atom. The predicted octanol–water partition coefficient (Wildman–Crippen LogP) is 0.722. The summed E-state index contributed by atoms with van der Waals surface area (Å²) >= 11 is 0. The Morgan fingerprint density at radius 3 is 2.41 bits per heavy atom. The average Bonchev–Trinajstić information content (AvgIpc) is 2.77. The Bertz CT molecular complexity index is 648. The van der Waals surface area contributed by atoms with E-state index in [4.69, 9.17) is 5.73 Å². The van der Waals surface area contributed by atoms with Crippen LogP contribution >= 0.6 is 12.4 Å². The fourth-order valence-electron chi connectivity index (χ4n) is 3.07. The quantitative estimate of drug-likeness (QED) is 0.844. The van der Waals surface area contributed by atoms with Crippen LogP contribution in [0.15, 0.2) is 29.2 Å². The van der Waals surface area contributed by atoms with Gasteiger partial charge in [-0.05, 0) is 43.5 Å². The number of rotatable bonds is 3. The number of nitrogens with one attached hydrogen (secondary N) is 1. The van der Waals surface area contributed by atoms with E-state index >= 15 is 0 Å². The molecule has 0 spiro atoms. The number of fused-ring (bicyclic) bond motifs is 2. The minimum absolute atomic E-state index is 0. The third-order valence-electron chi connectivity index (χ3n) is 4.26. The highest BCUT2D eigenvalue weighted by Crippen LogP contribution is 2.25. The van der Waals surface area contributed by atoms with Crippen molar-refractivity contribution in [2.75, 3.05) is 13.1 Å². The van der Waals surface area contributed by atoms with E-state index in [9.17, 15) is 13.2 Å². The van der Waals surface area contributed by atoms with Crippen LogP contribution in [0.1, 0.15) is 29.6 Å². The Balaban J connectivity index is 0.00000176. The van der Waals surface area contributed by atoms with E-state index in [-0.39, 0.29) is 23.3 Å². The van der Waals surface area contributed by atoms with E-state index in [1.807, 2.05) is 0 Å². The third-order valence-corrected chi connectivity index (χ3v) is 6.14. The molecule has 3 N–H and O–H groups in total. The number of hydrogen-bond acceptors (Lipinski definition) is 4. The van der Waals surface area contributed by atoms with Gasteiger partial charge in [0.25, 0.3) is 0 Å². The molecule has 2 aliphatic rings. The normalized spacial score (nSPS) is 25.3. The molecular formula is C14H20ClN3O3S. The molecule has 122 valence electrons. The fourth-order valence-corrected chi connectivity index (χ4v) is 4.57. The van der Waals surface area contributed by atoms with Gasteiger partial charge >= 0.3 is 0 Å². The average molecular weight is 346 g/mol. The first-order valence-corrected chi connectivity index (χ1v) is 8.57.